The molecule has 1 aromatic carbocycles. The third kappa shape index (κ3) is 4.88. The van der Waals surface area contributed by atoms with E-state index in [9.17, 15) is 4.79 Å². The van der Waals surface area contributed by atoms with Crippen LogP contribution in [0.3, 0.4) is 0 Å². The van der Waals surface area contributed by atoms with Gasteiger partial charge < -0.3 is 10.1 Å². The number of amides is 1. The molecule has 0 saturated carbocycles. The van der Waals surface area contributed by atoms with E-state index < -0.39 is 5.60 Å². The SMILES string of the molecule is CC(C)(C)OC(=O)NCCC=Cc1cccc2cnccc12. The number of ether oxygens (including phenoxy) is 1. The van der Waals surface area contributed by atoms with Crippen molar-refractivity contribution in [2.75, 3.05) is 6.54 Å². The number of fused-ring (bicyclic) bond motifs is 1. The smallest absolute Gasteiger partial charge is 0.407 e. The maximum Gasteiger partial charge on any atom is 0.407 e. The molecule has 0 bridgehead atoms. The lowest BCUT2D eigenvalue weighted by Crippen LogP contribution is -2.32. The Morgan fingerprint density at radius 1 is 1.32 bits per heavy atom. The number of hydrogen-bond donors (Lipinski definition) is 1. The third-order valence-electron chi connectivity index (χ3n) is 2.99. The van der Waals surface area contributed by atoms with Crippen LogP contribution in [0.2, 0.25) is 0 Å². The van der Waals surface area contributed by atoms with Gasteiger partial charge in [-0.25, -0.2) is 4.79 Å². The van der Waals surface area contributed by atoms with Crippen molar-refractivity contribution < 1.29 is 9.53 Å². The molecule has 0 unspecified atom stereocenters. The molecule has 22 heavy (non-hydrogen) atoms. The van der Waals surface area contributed by atoms with E-state index in [1.54, 1.807) is 6.20 Å². The zero-order valence-corrected chi connectivity index (χ0v) is 13.3. The highest BCUT2D eigenvalue weighted by atomic mass is 16.6. The minimum absolute atomic E-state index is 0.378. The molecule has 0 radical (unpaired) electrons. The second-order valence-electron chi connectivity index (χ2n) is 6.06. The van der Waals surface area contributed by atoms with Crippen molar-refractivity contribution in [3.63, 3.8) is 0 Å². The summed E-state index contributed by atoms with van der Waals surface area (Å²) in [5, 5.41) is 5.04. The van der Waals surface area contributed by atoms with Crippen LogP contribution in [0, 0.1) is 0 Å². The summed E-state index contributed by atoms with van der Waals surface area (Å²) in [4.78, 5) is 15.6. The molecule has 4 heteroatoms. The number of pyridine rings is 1. The monoisotopic (exact) mass is 298 g/mol. The van der Waals surface area contributed by atoms with Gasteiger partial charge in [-0.1, -0.05) is 30.4 Å². The first-order chi connectivity index (χ1) is 10.5. The molecule has 0 fully saturated rings. The first kappa shape index (κ1) is 16.0. The Morgan fingerprint density at radius 3 is 2.91 bits per heavy atom. The minimum atomic E-state index is -0.461. The lowest BCUT2D eigenvalue weighted by molar-refractivity contribution is 0.0529. The second kappa shape index (κ2) is 7.07. The van der Waals surface area contributed by atoms with Gasteiger partial charge in [0.05, 0.1) is 0 Å². The molecule has 1 aromatic heterocycles. The normalized spacial score (nSPS) is 11.8. The molecule has 2 rings (SSSR count). The van der Waals surface area contributed by atoms with E-state index in [0.29, 0.717) is 6.54 Å². The van der Waals surface area contributed by atoms with E-state index in [0.717, 1.165) is 17.4 Å². The van der Waals surface area contributed by atoms with Crippen LogP contribution in [0.15, 0.2) is 42.7 Å². The van der Waals surface area contributed by atoms with E-state index in [1.807, 2.05) is 51.2 Å². The molecule has 0 aliphatic carbocycles. The van der Waals surface area contributed by atoms with E-state index in [-0.39, 0.29) is 6.09 Å². The first-order valence-electron chi connectivity index (χ1n) is 7.42. The number of alkyl carbamates (subject to hydrolysis) is 1. The van der Waals surface area contributed by atoms with Crippen LogP contribution in [0.4, 0.5) is 4.79 Å². The molecule has 0 atom stereocenters. The van der Waals surface area contributed by atoms with Gasteiger partial charge in [-0.2, -0.15) is 0 Å². The topological polar surface area (TPSA) is 51.2 Å². The molecule has 0 spiro atoms. The van der Waals surface area contributed by atoms with Crippen LogP contribution in [-0.2, 0) is 4.74 Å². The van der Waals surface area contributed by atoms with Crippen molar-refractivity contribution in [3.8, 4) is 0 Å². The summed E-state index contributed by atoms with van der Waals surface area (Å²) in [5.74, 6) is 0. The van der Waals surface area contributed by atoms with Crippen molar-refractivity contribution in [1.82, 2.24) is 10.3 Å². The first-order valence-corrected chi connectivity index (χ1v) is 7.42. The van der Waals surface area contributed by atoms with Crippen LogP contribution >= 0.6 is 0 Å². The second-order valence-corrected chi connectivity index (χ2v) is 6.06. The molecule has 0 saturated heterocycles. The molecule has 4 nitrogen and oxygen atoms in total. The predicted molar refractivity (Wildman–Crippen MR) is 89.6 cm³/mol. The van der Waals surface area contributed by atoms with E-state index in [1.165, 1.54) is 5.39 Å². The highest BCUT2D eigenvalue weighted by Gasteiger charge is 2.15. The Morgan fingerprint density at radius 2 is 2.14 bits per heavy atom. The van der Waals surface area contributed by atoms with Crippen molar-refractivity contribution in [2.24, 2.45) is 0 Å². The van der Waals surface area contributed by atoms with Gasteiger partial charge in [0.25, 0.3) is 0 Å². The zero-order valence-electron chi connectivity index (χ0n) is 13.3. The molecule has 1 N–H and O–H groups in total. The third-order valence-corrected chi connectivity index (χ3v) is 2.99. The number of nitrogens with zero attached hydrogens (tertiary/aromatic N) is 1. The number of carbonyl (C=O) groups is 1. The van der Waals surface area contributed by atoms with E-state index in [4.69, 9.17) is 4.74 Å². The van der Waals surface area contributed by atoms with E-state index >= 15 is 0 Å². The molecular formula is C18H22N2O2. The highest BCUT2D eigenvalue weighted by molar-refractivity contribution is 5.89. The standard InChI is InChI=1S/C18H22N2O2/c1-18(2,3)22-17(21)20-11-5-4-7-14-8-6-9-15-13-19-12-10-16(14)15/h4,6-10,12-13H,5,11H2,1-3H3,(H,20,21). The summed E-state index contributed by atoms with van der Waals surface area (Å²) in [5.41, 5.74) is 0.689. The van der Waals surface area contributed by atoms with Crippen LogP contribution in [-0.4, -0.2) is 23.2 Å². The Labute approximate surface area is 131 Å². The van der Waals surface area contributed by atoms with Crippen LogP contribution in [0.5, 0.6) is 0 Å². The summed E-state index contributed by atoms with van der Waals surface area (Å²) < 4.78 is 5.18. The number of nitrogens with one attached hydrogen (secondary N) is 1. The molecule has 0 aliphatic heterocycles. The molecular weight excluding hydrogens is 276 g/mol. The number of aromatic nitrogens is 1. The largest absolute Gasteiger partial charge is 0.444 e. The van der Waals surface area contributed by atoms with Crippen LogP contribution < -0.4 is 5.32 Å². The fraction of sp³-hybridized carbons (Fsp3) is 0.333. The Kier molecular flexibility index (Phi) is 5.15. The summed E-state index contributed by atoms with van der Waals surface area (Å²) >= 11 is 0. The Bertz CT molecular complexity index is 667. The fourth-order valence-corrected chi connectivity index (χ4v) is 2.07. The van der Waals surface area contributed by atoms with Crippen molar-refractivity contribution in [3.05, 3.63) is 48.3 Å². The minimum Gasteiger partial charge on any atom is -0.444 e. The predicted octanol–water partition coefficient (Wildman–Crippen LogP) is 4.16. The van der Waals surface area contributed by atoms with Gasteiger partial charge in [-0.15, -0.1) is 0 Å². The van der Waals surface area contributed by atoms with E-state index in [2.05, 4.69) is 22.4 Å². The van der Waals surface area contributed by atoms with Crippen LogP contribution in [0.25, 0.3) is 16.8 Å². The molecule has 2 aromatic rings. The Balaban J connectivity index is 1.86. The lowest BCUT2D eigenvalue weighted by Gasteiger charge is -2.19. The van der Waals surface area contributed by atoms with Crippen molar-refractivity contribution in [2.45, 2.75) is 32.8 Å². The maximum atomic E-state index is 11.5. The average molecular weight is 298 g/mol. The van der Waals surface area contributed by atoms with Gasteiger partial charge in [-0.05, 0) is 44.2 Å². The lowest BCUT2D eigenvalue weighted by atomic mass is 10.1. The number of rotatable bonds is 4. The number of benzene rings is 1. The molecule has 1 amide bonds. The fourth-order valence-electron chi connectivity index (χ4n) is 2.07. The Hall–Kier alpha value is -2.36. The quantitative estimate of drug-likeness (QED) is 0.862. The van der Waals surface area contributed by atoms with Crippen molar-refractivity contribution in [1.29, 1.82) is 0 Å². The molecule has 116 valence electrons. The van der Waals surface area contributed by atoms with Gasteiger partial charge >= 0.3 is 6.09 Å². The summed E-state index contributed by atoms with van der Waals surface area (Å²) in [6, 6.07) is 8.14. The molecule has 1 heterocycles. The number of hydrogen-bond acceptors (Lipinski definition) is 3. The van der Waals surface area contributed by atoms with Gasteiger partial charge in [-0.3, -0.25) is 4.98 Å². The summed E-state index contributed by atoms with van der Waals surface area (Å²) in [6.45, 7) is 6.10. The van der Waals surface area contributed by atoms with Gasteiger partial charge in [0.1, 0.15) is 5.60 Å². The van der Waals surface area contributed by atoms with Gasteiger partial charge in [0.2, 0.25) is 0 Å². The highest BCUT2D eigenvalue weighted by Crippen LogP contribution is 2.18. The molecule has 0 aliphatic rings. The average Bonchev–Trinajstić information content (AvgIpc) is 2.45. The number of carbonyl (C=O) groups excluding carboxylic acids is 1. The van der Waals surface area contributed by atoms with Gasteiger partial charge in [0, 0.05) is 24.3 Å². The summed E-state index contributed by atoms with van der Waals surface area (Å²) in [6.07, 6.45) is 8.14. The summed E-state index contributed by atoms with van der Waals surface area (Å²) in [7, 11) is 0. The van der Waals surface area contributed by atoms with Crippen LogP contribution in [0.1, 0.15) is 32.8 Å². The van der Waals surface area contributed by atoms with Crippen molar-refractivity contribution >= 4 is 22.9 Å². The zero-order chi connectivity index (χ0) is 16.0. The maximum absolute atomic E-state index is 11.5. The van der Waals surface area contributed by atoms with Gasteiger partial charge in [0.15, 0.2) is 0 Å².